The van der Waals surface area contributed by atoms with Gasteiger partial charge in [0.15, 0.2) is 10.9 Å². The molecule has 0 saturated carbocycles. The number of furan rings is 1. The molecular formula is C19H13Cl2N3O5S. The number of carbonyl (C=O) groups excluding carboxylic acids is 1. The van der Waals surface area contributed by atoms with Gasteiger partial charge in [0.1, 0.15) is 17.2 Å². The highest BCUT2D eigenvalue weighted by molar-refractivity contribution is 7.80. The second-order valence-corrected chi connectivity index (χ2v) is 7.06. The van der Waals surface area contributed by atoms with E-state index in [9.17, 15) is 14.9 Å². The lowest BCUT2D eigenvalue weighted by Crippen LogP contribution is -2.34. The molecule has 30 heavy (non-hydrogen) atoms. The van der Waals surface area contributed by atoms with Gasteiger partial charge in [0.25, 0.3) is 11.6 Å². The molecule has 0 bridgehead atoms. The fourth-order valence-electron chi connectivity index (χ4n) is 2.48. The maximum atomic E-state index is 12.4. The maximum absolute atomic E-state index is 12.4. The summed E-state index contributed by atoms with van der Waals surface area (Å²) < 4.78 is 10.5. The second kappa shape index (κ2) is 9.12. The average Bonchev–Trinajstić information content (AvgIpc) is 3.20. The first-order valence-corrected chi connectivity index (χ1v) is 9.45. The van der Waals surface area contributed by atoms with Gasteiger partial charge in [0.2, 0.25) is 0 Å². The van der Waals surface area contributed by atoms with E-state index >= 15 is 0 Å². The van der Waals surface area contributed by atoms with E-state index in [4.69, 9.17) is 44.6 Å². The van der Waals surface area contributed by atoms with Crippen molar-refractivity contribution in [2.24, 2.45) is 0 Å². The van der Waals surface area contributed by atoms with Gasteiger partial charge in [-0.25, -0.2) is 0 Å². The molecule has 1 amide bonds. The number of amides is 1. The predicted octanol–water partition coefficient (Wildman–Crippen LogP) is 5.30. The topological polar surface area (TPSA) is 107 Å². The van der Waals surface area contributed by atoms with Crippen LogP contribution in [0, 0.1) is 10.1 Å². The number of thiocarbonyl (C=S) groups is 1. The molecule has 2 aromatic carbocycles. The number of nitro groups is 1. The predicted molar refractivity (Wildman–Crippen MR) is 117 cm³/mol. The van der Waals surface area contributed by atoms with Crippen molar-refractivity contribution in [3.05, 3.63) is 74.5 Å². The molecular weight excluding hydrogens is 453 g/mol. The Morgan fingerprint density at radius 3 is 2.57 bits per heavy atom. The molecule has 154 valence electrons. The highest BCUT2D eigenvalue weighted by Gasteiger charge is 2.18. The summed E-state index contributed by atoms with van der Waals surface area (Å²) >= 11 is 17.0. The summed E-state index contributed by atoms with van der Waals surface area (Å²) in [7, 11) is 1.40. The minimum atomic E-state index is -0.630. The zero-order chi connectivity index (χ0) is 21.8. The number of hydrogen-bond acceptors (Lipinski definition) is 6. The fourth-order valence-corrected chi connectivity index (χ4v) is 2.98. The lowest BCUT2D eigenvalue weighted by atomic mass is 10.2. The van der Waals surface area contributed by atoms with Gasteiger partial charge in [0.05, 0.1) is 28.1 Å². The molecule has 2 N–H and O–H groups in total. The maximum Gasteiger partial charge on any atom is 0.296 e. The smallest absolute Gasteiger partial charge is 0.296 e. The lowest BCUT2D eigenvalue weighted by molar-refractivity contribution is -0.384. The van der Waals surface area contributed by atoms with Crippen LogP contribution < -0.4 is 15.4 Å². The SMILES string of the molecule is COc1ccc(NC(=S)NC(=O)c2ccc(-c3ccc(Cl)c(Cl)c3)o2)c([N+](=O)[O-])c1. The van der Waals surface area contributed by atoms with Crippen LogP contribution in [0.3, 0.4) is 0 Å². The summed E-state index contributed by atoms with van der Waals surface area (Å²) in [4.78, 5) is 23.0. The quantitative estimate of drug-likeness (QED) is 0.299. The van der Waals surface area contributed by atoms with Gasteiger partial charge in [0, 0.05) is 5.56 Å². The molecule has 8 nitrogen and oxygen atoms in total. The zero-order valence-electron chi connectivity index (χ0n) is 15.3. The number of anilines is 1. The Bertz CT molecular complexity index is 1150. The van der Waals surface area contributed by atoms with Gasteiger partial charge < -0.3 is 14.5 Å². The number of nitrogens with zero attached hydrogens (tertiary/aromatic N) is 1. The van der Waals surface area contributed by atoms with E-state index < -0.39 is 10.8 Å². The van der Waals surface area contributed by atoms with Gasteiger partial charge >= 0.3 is 0 Å². The van der Waals surface area contributed by atoms with Crippen molar-refractivity contribution in [2.45, 2.75) is 0 Å². The molecule has 0 spiro atoms. The van der Waals surface area contributed by atoms with Crippen LogP contribution in [0.5, 0.6) is 5.75 Å². The monoisotopic (exact) mass is 465 g/mol. The molecule has 0 radical (unpaired) electrons. The Hall–Kier alpha value is -3.14. The van der Waals surface area contributed by atoms with Crippen molar-refractivity contribution < 1.29 is 18.9 Å². The molecule has 0 fully saturated rings. The van der Waals surface area contributed by atoms with E-state index in [1.807, 2.05) is 0 Å². The van der Waals surface area contributed by atoms with Gasteiger partial charge in [-0.05, 0) is 54.7 Å². The number of hydrogen-bond donors (Lipinski definition) is 2. The molecule has 0 unspecified atom stereocenters. The lowest BCUT2D eigenvalue weighted by Gasteiger charge is -2.10. The molecule has 3 aromatic rings. The van der Waals surface area contributed by atoms with Crippen molar-refractivity contribution >= 4 is 57.8 Å². The Morgan fingerprint density at radius 1 is 1.13 bits per heavy atom. The molecule has 0 saturated heterocycles. The molecule has 1 heterocycles. The van der Waals surface area contributed by atoms with Gasteiger partial charge in [-0.1, -0.05) is 23.2 Å². The van der Waals surface area contributed by atoms with E-state index in [2.05, 4.69) is 10.6 Å². The number of methoxy groups -OCH3 is 1. The van der Waals surface area contributed by atoms with Crippen molar-refractivity contribution in [3.8, 4) is 17.1 Å². The Morgan fingerprint density at radius 2 is 1.90 bits per heavy atom. The van der Waals surface area contributed by atoms with E-state index in [1.54, 1.807) is 24.3 Å². The normalized spacial score (nSPS) is 10.4. The number of nitrogens with one attached hydrogen (secondary N) is 2. The summed E-state index contributed by atoms with van der Waals surface area (Å²) in [6.07, 6.45) is 0. The molecule has 1 aromatic heterocycles. The van der Waals surface area contributed by atoms with Crippen LogP contribution in [0.4, 0.5) is 11.4 Å². The van der Waals surface area contributed by atoms with Crippen LogP contribution in [0.15, 0.2) is 52.9 Å². The summed E-state index contributed by atoms with van der Waals surface area (Å²) in [5, 5.41) is 16.9. The van der Waals surface area contributed by atoms with Gasteiger partial charge in [-0.15, -0.1) is 0 Å². The third-order valence-corrected chi connectivity index (χ3v) is 4.85. The van der Waals surface area contributed by atoms with Crippen LogP contribution in [-0.4, -0.2) is 23.1 Å². The van der Waals surface area contributed by atoms with Crippen molar-refractivity contribution in [3.63, 3.8) is 0 Å². The molecule has 3 rings (SSSR count). The Kier molecular flexibility index (Phi) is 6.56. The summed E-state index contributed by atoms with van der Waals surface area (Å²) in [5.41, 5.74) is 0.478. The number of rotatable bonds is 5. The minimum absolute atomic E-state index is 0.00977. The average molecular weight is 466 g/mol. The van der Waals surface area contributed by atoms with E-state index in [-0.39, 0.29) is 22.2 Å². The Labute approximate surface area is 185 Å². The minimum Gasteiger partial charge on any atom is -0.496 e. The third-order valence-electron chi connectivity index (χ3n) is 3.91. The van der Waals surface area contributed by atoms with Crippen LogP contribution in [-0.2, 0) is 0 Å². The summed E-state index contributed by atoms with van der Waals surface area (Å²) in [5.74, 6) is 0.0791. The first kappa shape index (κ1) is 21.6. The molecule has 0 aliphatic rings. The van der Waals surface area contributed by atoms with Crippen LogP contribution in [0.1, 0.15) is 10.6 Å². The first-order chi connectivity index (χ1) is 14.3. The van der Waals surface area contributed by atoms with E-state index in [0.29, 0.717) is 27.1 Å². The summed E-state index contributed by atoms with van der Waals surface area (Å²) in [6.45, 7) is 0. The van der Waals surface area contributed by atoms with Crippen molar-refractivity contribution in [1.29, 1.82) is 0 Å². The number of nitro benzene ring substituents is 1. The van der Waals surface area contributed by atoms with Crippen molar-refractivity contribution in [1.82, 2.24) is 5.32 Å². The molecule has 0 aliphatic heterocycles. The Balaban J connectivity index is 1.71. The van der Waals surface area contributed by atoms with Crippen LogP contribution >= 0.6 is 35.4 Å². The van der Waals surface area contributed by atoms with Crippen molar-refractivity contribution in [2.75, 3.05) is 12.4 Å². The standard InChI is InChI=1S/C19H13Cl2N3O5S/c1-28-11-3-5-14(15(9-11)24(26)27)22-19(30)23-18(25)17-7-6-16(29-17)10-2-4-12(20)13(21)8-10/h2-9H,1H3,(H2,22,23,25,30). The first-order valence-electron chi connectivity index (χ1n) is 8.28. The fraction of sp³-hybridized carbons (Fsp3) is 0.0526. The largest absolute Gasteiger partial charge is 0.496 e. The van der Waals surface area contributed by atoms with Crippen LogP contribution in [0.2, 0.25) is 10.0 Å². The highest BCUT2D eigenvalue weighted by atomic mass is 35.5. The zero-order valence-corrected chi connectivity index (χ0v) is 17.6. The molecule has 11 heteroatoms. The highest BCUT2D eigenvalue weighted by Crippen LogP contribution is 2.30. The summed E-state index contributed by atoms with van der Waals surface area (Å²) in [6, 6.07) is 12.2. The number of halogens is 2. The number of carbonyl (C=O) groups is 1. The number of benzene rings is 2. The van der Waals surface area contributed by atoms with Gasteiger partial charge in [-0.3, -0.25) is 20.2 Å². The van der Waals surface area contributed by atoms with E-state index in [1.165, 1.54) is 31.4 Å². The van der Waals surface area contributed by atoms with Crippen LogP contribution in [0.25, 0.3) is 11.3 Å². The molecule has 0 atom stereocenters. The third kappa shape index (κ3) is 4.88. The van der Waals surface area contributed by atoms with E-state index in [0.717, 1.165) is 0 Å². The number of ether oxygens (including phenoxy) is 1. The van der Waals surface area contributed by atoms with Gasteiger partial charge in [-0.2, -0.15) is 0 Å². The molecule has 0 aliphatic carbocycles. The second-order valence-electron chi connectivity index (χ2n) is 5.84.